The number of ether oxygens (including phenoxy) is 2. The van der Waals surface area contributed by atoms with E-state index < -0.39 is 0 Å². The zero-order valence-corrected chi connectivity index (χ0v) is 17.5. The van der Waals surface area contributed by atoms with Gasteiger partial charge in [-0.2, -0.15) is 0 Å². The van der Waals surface area contributed by atoms with E-state index >= 15 is 0 Å². The minimum atomic E-state index is -0.343. The Morgan fingerprint density at radius 2 is 2.04 bits per heavy atom. The van der Waals surface area contributed by atoms with Gasteiger partial charge in [0, 0.05) is 17.7 Å². The van der Waals surface area contributed by atoms with Crippen LogP contribution in [0.2, 0.25) is 0 Å². The number of carbonyl (C=O) groups is 1. The molecule has 148 valence electrons. The van der Waals surface area contributed by atoms with Gasteiger partial charge in [0.2, 0.25) is 0 Å². The van der Waals surface area contributed by atoms with Crippen molar-refractivity contribution in [3.05, 3.63) is 59.2 Å². The summed E-state index contributed by atoms with van der Waals surface area (Å²) < 4.78 is 11.2. The highest BCUT2D eigenvalue weighted by Gasteiger charge is 2.33. The van der Waals surface area contributed by atoms with Gasteiger partial charge in [0.1, 0.15) is 11.4 Å². The molecule has 0 aliphatic carbocycles. The molecule has 28 heavy (non-hydrogen) atoms. The molecule has 0 aromatic heterocycles. The van der Waals surface area contributed by atoms with Crippen LogP contribution in [0.5, 0.6) is 5.75 Å². The number of fused-ring (bicyclic) bond motifs is 1. The van der Waals surface area contributed by atoms with Gasteiger partial charge >= 0.3 is 5.97 Å². The third-order valence-electron chi connectivity index (χ3n) is 4.68. The molecule has 1 atom stereocenters. The van der Waals surface area contributed by atoms with Crippen molar-refractivity contribution in [2.45, 2.75) is 45.8 Å². The molecule has 0 saturated carbocycles. The predicted molar refractivity (Wildman–Crippen MR) is 115 cm³/mol. The molecule has 3 rings (SSSR count). The van der Waals surface area contributed by atoms with Crippen molar-refractivity contribution >= 4 is 29.0 Å². The van der Waals surface area contributed by atoms with Crippen LogP contribution in [0.25, 0.3) is 0 Å². The number of para-hydroxylation sites is 1. The van der Waals surface area contributed by atoms with Crippen molar-refractivity contribution < 1.29 is 14.3 Å². The first-order valence-electron chi connectivity index (χ1n) is 9.42. The summed E-state index contributed by atoms with van der Waals surface area (Å²) in [7, 11) is 0. The fourth-order valence-corrected chi connectivity index (χ4v) is 3.60. The second kappa shape index (κ2) is 8.19. The first-order chi connectivity index (χ1) is 13.3. The molecule has 0 spiro atoms. The SMILES string of the molecule is CCOC(=O)c1ccc(C)c(NC(=S)N[C@H]2CC(C)(C)Oc3ccccc32)c1. The van der Waals surface area contributed by atoms with E-state index in [1.54, 1.807) is 19.1 Å². The molecule has 0 fully saturated rings. The molecule has 0 bridgehead atoms. The summed E-state index contributed by atoms with van der Waals surface area (Å²) in [6.07, 6.45) is 0.785. The van der Waals surface area contributed by atoms with Crippen LogP contribution in [0.1, 0.15) is 54.7 Å². The molecule has 0 unspecified atom stereocenters. The van der Waals surface area contributed by atoms with Crippen LogP contribution in [0, 0.1) is 6.92 Å². The van der Waals surface area contributed by atoms with Crippen LogP contribution in [-0.2, 0) is 4.74 Å². The van der Waals surface area contributed by atoms with Gasteiger partial charge in [-0.15, -0.1) is 0 Å². The van der Waals surface area contributed by atoms with Gasteiger partial charge in [0.05, 0.1) is 18.2 Å². The van der Waals surface area contributed by atoms with E-state index in [2.05, 4.69) is 30.5 Å². The summed E-state index contributed by atoms with van der Waals surface area (Å²) in [5.74, 6) is 0.532. The fourth-order valence-electron chi connectivity index (χ4n) is 3.35. The largest absolute Gasteiger partial charge is 0.487 e. The average Bonchev–Trinajstić information content (AvgIpc) is 2.62. The van der Waals surface area contributed by atoms with Crippen molar-refractivity contribution in [1.82, 2.24) is 5.32 Å². The Morgan fingerprint density at radius 3 is 2.79 bits per heavy atom. The molecule has 2 aromatic rings. The van der Waals surface area contributed by atoms with E-state index in [1.807, 2.05) is 31.2 Å². The first kappa shape index (κ1) is 20.1. The lowest BCUT2D eigenvalue weighted by molar-refractivity contribution is 0.0526. The molecule has 6 heteroatoms. The number of aryl methyl sites for hydroxylation is 1. The Hall–Kier alpha value is -2.60. The summed E-state index contributed by atoms with van der Waals surface area (Å²) in [4.78, 5) is 12.0. The third-order valence-corrected chi connectivity index (χ3v) is 4.90. The molecule has 1 aliphatic heterocycles. The zero-order valence-electron chi connectivity index (χ0n) is 16.7. The average molecular weight is 399 g/mol. The number of benzene rings is 2. The first-order valence-corrected chi connectivity index (χ1v) is 9.83. The van der Waals surface area contributed by atoms with Crippen molar-refractivity contribution in [2.75, 3.05) is 11.9 Å². The lowest BCUT2D eigenvalue weighted by Gasteiger charge is -2.38. The number of nitrogens with one attached hydrogen (secondary N) is 2. The van der Waals surface area contributed by atoms with Gasteiger partial charge in [0.25, 0.3) is 0 Å². The minimum absolute atomic E-state index is 0.0356. The van der Waals surface area contributed by atoms with Crippen LogP contribution in [-0.4, -0.2) is 23.3 Å². The predicted octanol–water partition coefficient (Wildman–Crippen LogP) is 4.76. The van der Waals surface area contributed by atoms with Gasteiger partial charge in [-0.1, -0.05) is 24.3 Å². The van der Waals surface area contributed by atoms with E-state index in [9.17, 15) is 4.79 Å². The van der Waals surface area contributed by atoms with Crippen LogP contribution in [0.15, 0.2) is 42.5 Å². The normalized spacial score (nSPS) is 17.1. The summed E-state index contributed by atoms with van der Waals surface area (Å²) in [6, 6.07) is 13.4. The monoisotopic (exact) mass is 398 g/mol. The maximum absolute atomic E-state index is 12.0. The standard InChI is InChI=1S/C22H26N2O3S/c1-5-26-20(25)15-11-10-14(2)17(12-15)23-21(28)24-18-13-22(3,4)27-19-9-7-6-8-16(18)19/h6-12,18H,5,13H2,1-4H3,(H2,23,24,28)/t18-/m0/s1. The summed E-state index contributed by atoms with van der Waals surface area (Å²) in [5.41, 5.74) is 3.06. The molecular weight excluding hydrogens is 372 g/mol. The molecular formula is C22H26N2O3S. The van der Waals surface area contributed by atoms with Gasteiger partial charge in [-0.3, -0.25) is 0 Å². The highest BCUT2D eigenvalue weighted by Crippen LogP contribution is 2.39. The van der Waals surface area contributed by atoms with Gasteiger partial charge in [0.15, 0.2) is 5.11 Å². The van der Waals surface area contributed by atoms with E-state index in [0.717, 1.165) is 29.0 Å². The number of rotatable bonds is 4. The smallest absolute Gasteiger partial charge is 0.338 e. The van der Waals surface area contributed by atoms with Gasteiger partial charge in [-0.05, 0) is 63.7 Å². The number of esters is 1. The maximum Gasteiger partial charge on any atom is 0.338 e. The maximum atomic E-state index is 12.0. The Balaban J connectivity index is 1.76. The number of hydrogen-bond acceptors (Lipinski definition) is 4. The van der Waals surface area contributed by atoms with Gasteiger partial charge < -0.3 is 20.1 Å². The molecule has 0 amide bonds. The highest BCUT2D eigenvalue weighted by molar-refractivity contribution is 7.80. The Morgan fingerprint density at radius 1 is 1.29 bits per heavy atom. The summed E-state index contributed by atoms with van der Waals surface area (Å²) >= 11 is 5.56. The Labute approximate surface area is 171 Å². The molecule has 1 aliphatic rings. The quantitative estimate of drug-likeness (QED) is 0.572. The molecule has 0 radical (unpaired) electrons. The van der Waals surface area contributed by atoms with E-state index in [-0.39, 0.29) is 17.6 Å². The lowest BCUT2D eigenvalue weighted by atomic mass is 9.90. The Bertz CT molecular complexity index is 895. The summed E-state index contributed by atoms with van der Waals surface area (Å²) in [5, 5.41) is 7.13. The second-order valence-corrected chi connectivity index (χ2v) is 7.91. The minimum Gasteiger partial charge on any atom is -0.487 e. The third kappa shape index (κ3) is 4.62. The fraction of sp³-hybridized carbons (Fsp3) is 0.364. The number of anilines is 1. The van der Waals surface area contributed by atoms with E-state index in [1.165, 1.54) is 0 Å². The van der Waals surface area contributed by atoms with Crippen molar-refractivity contribution in [1.29, 1.82) is 0 Å². The lowest BCUT2D eigenvalue weighted by Crippen LogP contribution is -2.42. The van der Waals surface area contributed by atoms with Crippen LogP contribution < -0.4 is 15.4 Å². The zero-order chi connectivity index (χ0) is 20.3. The Kier molecular flexibility index (Phi) is 5.89. The van der Waals surface area contributed by atoms with Crippen LogP contribution in [0.4, 0.5) is 5.69 Å². The van der Waals surface area contributed by atoms with Crippen molar-refractivity contribution in [2.24, 2.45) is 0 Å². The van der Waals surface area contributed by atoms with Crippen LogP contribution in [0.3, 0.4) is 0 Å². The van der Waals surface area contributed by atoms with E-state index in [0.29, 0.717) is 17.3 Å². The molecule has 5 nitrogen and oxygen atoms in total. The molecule has 0 saturated heterocycles. The number of thiocarbonyl (C=S) groups is 1. The molecule has 1 heterocycles. The highest BCUT2D eigenvalue weighted by atomic mass is 32.1. The van der Waals surface area contributed by atoms with Gasteiger partial charge in [-0.25, -0.2) is 4.79 Å². The van der Waals surface area contributed by atoms with Crippen molar-refractivity contribution in [3.8, 4) is 5.75 Å². The number of hydrogen-bond donors (Lipinski definition) is 2. The number of carbonyl (C=O) groups excluding carboxylic acids is 1. The summed E-state index contributed by atoms with van der Waals surface area (Å²) in [6.45, 7) is 8.24. The van der Waals surface area contributed by atoms with E-state index in [4.69, 9.17) is 21.7 Å². The van der Waals surface area contributed by atoms with Crippen molar-refractivity contribution in [3.63, 3.8) is 0 Å². The van der Waals surface area contributed by atoms with Crippen LogP contribution >= 0.6 is 12.2 Å². The molecule has 2 aromatic carbocycles. The second-order valence-electron chi connectivity index (χ2n) is 7.50. The molecule has 2 N–H and O–H groups in total. The topological polar surface area (TPSA) is 59.6 Å².